The van der Waals surface area contributed by atoms with Crippen LogP contribution in [0, 0.1) is 5.92 Å². The van der Waals surface area contributed by atoms with E-state index >= 15 is 0 Å². The first-order valence-electron chi connectivity index (χ1n) is 5.18. The van der Waals surface area contributed by atoms with Gasteiger partial charge in [-0.25, -0.2) is 0 Å². The monoisotopic (exact) mass is 197 g/mol. The van der Waals surface area contributed by atoms with Crippen LogP contribution < -0.4 is 0 Å². The van der Waals surface area contributed by atoms with Crippen LogP contribution in [-0.2, 0) is 6.61 Å². The van der Waals surface area contributed by atoms with Crippen molar-refractivity contribution in [1.82, 2.24) is 14.8 Å². The molecule has 1 aromatic heterocycles. The minimum absolute atomic E-state index is 0.0369. The Morgan fingerprint density at radius 3 is 2.79 bits per heavy atom. The molecule has 1 N–H and O–H groups in total. The summed E-state index contributed by atoms with van der Waals surface area (Å²) in [6.45, 7) is 6.52. The van der Waals surface area contributed by atoms with Crippen molar-refractivity contribution in [2.75, 3.05) is 0 Å². The molecule has 1 heterocycles. The first-order chi connectivity index (χ1) is 6.69. The lowest BCUT2D eigenvalue weighted by atomic mass is 10.0. The fourth-order valence-corrected chi connectivity index (χ4v) is 1.61. The molecule has 0 saturated carbocycles. The van der Waals surface area contributed by atoms with Crippen molar-refractivity contribution in [3.05, 3.63) is 12.2 Å². The van der Waals surface area contributed by atoms with Gasteiger partial charge in [-0.2, -0.15) is 0 Å². The molecule has 80 valence electrons. The fourth-order valence-electron chi connectivity index (χ4n) is 1.61. The zero-order valence-electron chi connectivity index (χ0n) is 9.14. The molecule has 1 aromatic rings. The Morgan fingerprint density at radius 1 is 1.50 bits per heavy atom. The molecular weight excluding hydrogens is 178 g/mol. The van der Waals surface area contributed by atoms with E-state index in [-0.39, 0.29) is 6.61 Å². The molecule has 0 radical (unpaired) electrons. The van der Waals surface area contributed by atoms with Crippen LogP contribution >= 0.6 is 0 Å². The fraction of sp³-hybridized carbons (Fsp3) is 0.800. The van der Waals surface area contributed by atoms with Crippen molar-refractivity contribution in [2.24, 2.45) is 5.92 Å². The normalized spacial score (nSPS) is 15.4. The SMILES string of the molecule is CCC(C)CC(C)n1cnnc1CO. The molecule has 0 aliphatic rings. The third-order valence-electron chi connectivity index (χ3n) is 2.70. The van der Waals surface area contributed by atoms with Gasteiger partial charge in [-0.3, -0.25) is 0 Å². The van der Waals surface area contributed by atoms with Crippen molar-refractivity contribution >= 4 is 0 Å². The summed E-state index contributed by atoms with van der Waals surface area (Å²) in [5, 5.41) is 16.7. The molecule has 0 fully saturated rings. The van der Waals surface area contributed by atoms with Crippen molar-refractivity contribution in [2.45, 2.75) is 46.3 Å². The van der Waals surface area contributed by atoms with Gasteiger partial charge in [0.25, 0.3) is 0 Å². The second-order valence-electron chi connectivity index (χ2n) is 3.91. The molecule has 14 heavy (non-hydrogen) atoms. The molecule has 0 saturated heterocycles. The lowest BCUT2D eigenvalue weighted by Crippen LogP contribution is -2.11. The van der Waals surface area contributed by atoms with Crippen LogP contribution in [-0.4, -0.2) is 19.9 Å². The van der Waals surface area contributed by atoms with Gasteiger partial charge in [0.15, 0.2) is 5.82 Å². The van der Waals surface area contributed by atoms with Gasteiger partial charge in [0.2, 0.25) is 0 Å². The topological polar surface area (TPSA) is 50.9 Å². The van der Waals surface area contributed by atoms with E-state index in [2.05, 4.69) is 31.0 Å². The van der Waals surface area contributed by atoms with E-state index in [1.807, 2.05) is 4.57 Å². The maximum Gasteiger partial charge on any atom is 0.158 e. The van der Waals surface area contributed by atoms with E-state index in [9.17, 15) is 0 Å². The third kappa shape index (κ3) is 2.54. The molecule has 2 atom stereocenters. The Labute approximate surface area is 85.0 Å². The minimum Gasteiger partial charge on any atom is -0.388 e. The summed E-state index contributed by atoms with van der Waals surface area (Å²) in [5.41, 5.74) is 0. The first kappa shape index (κ1) is 11.2. The van der Waals surface area contributed by atoms with Gasteiger partial charge >= 0.3 is 0 Å². The van der Waals surface area contributed by atoms with Gasteiger partial charge < -0.3 is 9.67 Å². The molecular formula is C10H19N3O. The molecule has 1 rings (SSSR count). The number of aliphatic hydroxyl groups is 1. The highest BCUT2D eigenvalue weighted by Gasteiger charge is 2.12. The summed E-state index contributed by atoms with van der Waals surface area (Å²) in [6.07, 6.45) is 3.97. The zero-order chi connectivity index (χ0) is 10.6. The van der Waals surface area contributed by atoms with Crippen LogP contribution in [0.4, 0.5) is 0 Å². The Bertz CT molecular complexity index is 272. The first-order valence-corrected chi connectivity index (χ1v) is 5.18. The standard InChI is InChI=1S/C10H19N3O/c1-4-8(2)5-9(3)13-7-11-12-10(13)6-14/h7-9,14H,4-6H2,1-3H3. The van der Waals surface area contributed by atoms with Gasteiger partial charge in [0.1, 0.15) is 12.9 Å². The van der Waals surface area contributed by atoms with E-state index in [0.717, 1.165) is 6.42 Å². The van der Waals surface area contributed by atoms with Crippen molar-refractivity contribution in [1.29, 1.82) is 0 Å². The number of aliphatic hydroxyl groups excluding tert-OH is 1. The number of aromatic nitrogens is 3. The summed E-state index contributed by atoms with van der Waals surface area (Å²) in [7, 11) is 0. The molecule has 0 aliphatic carbocycles. The summed E-state index contributed by atoms with van der Waals surface area (Å²) in [6, 6.07) is 0.363. The average molecular weight is 197 g/mol. The molecule has 0 spiro atoms. The van der Waals surface area contributed by atoms with E-state index < -0.39 is 0 Å². The smallest absolute Gasteiger partial charge is 0.158 e. The van der Waals surface area contributed by atoms with Crippen LogP contribution in [0.25, 0.3) is 0 Å². The van der Waals surface area contributed by atoms with Crippen molar-refractivity contribution < 1.29 is 5.11 Å². The van der Waals surface area contributed by atoms with Gasteiger partial charge in [-0.1, -0.05) is 20.3 Å². The maximum absolute atomic E-state index is 9.02. The zero-order valence-corrected chi connectivity index (χ0v) is 9.14. The molecule has 0 bridgehead atoms. The second kappa shape index (κ2) is 5.10. The molecule has 0 amide bonds. The number of rotatable bonds is 5. The third-order valence-corrected chi connectivity index (χ3v) is 2.70. The molecule has 0 aromatic carbocycles. The largest absolute Gasteiger partial charge is 0.388 e. The Kier molecular flexibility index (Phi) is 4.07. The maximum atomic E-state index is 9.02. The number of hydrogen-bond acceptors (Lipinski definition) is 3. The van der Waals surface area contributed by atoms with Crippen molar-refractivity contribution in [3.63, 3.8) is 0 Å². The van der Waals surface area contributed by atoms with Crippen molar-refractivity contribution in [3.8, 4) is 0 Å². The highest BCUT2D eigenvalue weighted by Crippen LogP contribution is 2.19. The minimum atomic E-state index is -0.0369. The van der Waals surface area contributed by atoms with E-state index in [1.165, 1.54) is 6.42 Å². The Morgan fingerprint density at radius 2 is 2.21 bits per heavy atom. The highest BCUT2D eigenvalue weighted by atomic mass is 16.3. The Balaban J connectivity index is 2.64. The lowest BCUT2D eigenvalue weighted by molar-refractivity contribution is 0.257. The van der Waals surface area contributed by atoms with Crippen LogP contribution in [0.1, 0.15) is 45.5 Å². The molecule has 0 aliphatic heterocycles. The second-order valence-corrected chi connectivity index (χ2v) is 3.91. The lowest BCUT2D eigenvalue weighted by Gasteiger charge is -2.18. The predicted molar refractivity (Wildman–Crippen MR) is 54.7 cm³/mol. The number of hydrogen-bond donors (Lipinski definition) is 1. The number of nitrogens with zero attached hydrogens (tertiary/aromatic N) is 3. The van der Waals surface area contributed by atoms with E-state index in [1.54, 1.807) is 6.33 Å². The molecule has 2 unspecified atom stereocenters. The summed E-state index contributed by atoms with van der Waals surface area (Å²) in [4.78, 5) is 0. The predicted octanol–water partition coefficient (Wildman–Crippen LogP) is 1.77. The van der Waals surface area contributed by atoms with Gasteiger partial charge in [0, 0.05) is 6.04 Å². The van der Waals surface area contributed by atoms with Crippen LogP contribution in [0.15, 0.2) is 6.33 Å². The van der Waals surface area contributed by atoms with Gasteiger partial charge in [0.05, 0.1) is 0 Å². The van der Waals surface area contributed by atoms with Crippen LogP contribution in [0.5, 0.6) is 0 Å². The Hall–Kier alpha value is -0.900. The van der Waals surface area contributed by atoms with E-state index in [4.69, 9.17) is 5.11 Å². The molecule has 4 nitrogen and oxygen atoms in total. The molecule has 4 heteroatoms. The van der Waals surface area contributed by atoms with E-state index in [0.29, 0.717) is 17.8 Å². The summed E-state index contributed by atoms with van der Waals surface area (Å²) < 4.78 is 1.95. The average Bonchev–Trinajstić information content (AvgIpc) is 2.65. The van der Waals surface area contributed by atoms with Crippen LogP contribution in [0.3, 0.4) is 0 Å². The summed E-state index contributed by atoms with van der Waals surface area (Å²) >= 11 is 0. The van der Waals surface area contributed by atoms with Gasteiger partial charge in [-0.15, -0.1) is 10.2 Å². The quantitative estimate of drug-likeness (QED) is 0.782. The highest BCUT2D eigenvalue weighted by molar-refractivity contribution is 4.86. The summed E-state index contributed by atoms with van der Waals surface area (Å²) in [5.74, 6) is 1.35. The van der Waals surface area contributed by atoms with Crippen LogP contribution in [0.2, 0.25) is 0 Å². The van der Waals surface area contributed by atoms with Gasteiger partial charge in [-0.05, 0) is 19.3 Å².